The Morgan fingerprint density at radius 1 is 1.04 bits per heavy atom. The number of rotatable bonds is 1. The summed E-state index contributed by atoms with van der Waals surface area (Å²) in [6.07, 6.45) is 6.31. The zero-order chi connectivity index (χ0) is 16.9. The fraction of sp³-hybridized carbons (Fsp3) is 0.211. The molecule has 5 heteroatoms. The first-order valence-corrected chi connectivity index (χ1v) is 7.71. The number of carbonyl (C=O) groups is 3. The first-order chi connectivity index (χ1) is 11.6. The third kappa shape index (κ3) is 1.95. The fourth-order valence-electron chi connectivity index (χ4n) is 3.60. The average molecular weight is 321 g/mol. The summed E-state index contributed by atoms with van der Waals surface area (Å²) in [5.41, 5.74) is 0.632. The van der Waals surface area contributed by atoms with Crippen molar-refractivity contribution < 1.29 is 19.1 Å². The lowest BCUT2D eigenvalue weighted by Crippen LogP contribution is -2.49. The van der Waals surface area contributed by atoms with Crippen molar-refractivity contribution in [1.29, 1.82) is 0 Å². The molecule has 0 fully saturated rings. The molecule has 120 valence electrons. The van der Waals surface area contributed by atoms with E-state index < -0.39 is 11.6 Å². The Morgan fingerprint density at radius 3 is 2.29 bits per heavy atom. The number of Topliss-reactive ketones (excluding diaryl/α,β-unsaturated/α-hetero) is 2. The zero-order valence-corrected chi connectivity index (χ0v) is 13.0. The van der Waals surface area contributed by atoms with Crippen LogP contribution in [0, 0.1) is 5.41 Å². The zero-order valence-electron chi connectivity index (χ0n) is 13.0. The number of methoxy groups -OCH3 is 1. The van der Waals surface area contributed by atoms with Gasteiger partial charge in [0.2, 0.25) is 5.78 Å². The van der Waals surface area contributed by atoms with Crippen molar-refractivity contribution in [3.63, 3.8) is 0 Å². The third-order valence-electron chi connectivity index (χ3n) is 4.79. The van der Waals surface area contributed by atoms with Crippen molar-refractivity contribution in [2.75, 3.05) is 7.11 Å². The maximum Gasteiger partial charge on any atom is 0.210 e. The van der Waals surface area contributed by atoms with Crippen LogP contribution in [0.4, 0.5) is 0 Å². The van der Waals surface area contributed by atoms with E-state index >= 15 is 0 Å². The number of ether oxygens (including phenoxy) is 1. The Bertz CT molecular complexity index is 859. The highest BCUT2D eigenvalue weighted by atomic mass is 16.5. The fourth-order valence-corrected chi connectivity index (χ4v) is 3.60. The van der Waals surface area contributed by atoms with Crippen molar-refractivity contribution >= 4 is 17.3 Å². The lowest BCUT2D eigenvalue weighted by molar-refractivity contribution is -0.110. The standard InChI is InChI=1S/C19H15NO4/c1-24-14-10-19(8-6-11(21)7-9-19)15-16(20-14)18(23)13-5-3-2-4-12(13)17(15)22/h2-9,14,20H,10H2,1H3. The van der Waals surface area contributed by atoms with Gasteiger partial charge in [-0.2, -0.15) is 0 Å². The van der Waals surface area contributed by atoms with E-state index in [9.17, 15) is 14.4 Å². The number of ketones is 3. The van der Waals surface area contributed by atoms with Crippen molar-refractivity contribution in [2.24, 2.45) is 5.41 Å². The molecule has 0 saturated heterocycles. The number of hydrogen-bond donors (Lipinski definition) is 1. The van der Waals surface area contributed by atoms with Crippen LogP contribution in [0.5, 0.6) is 0 Å². The predicted molar refractivity (Wildman–Crippen MR) is 86.4 cm³/mol. The number of nitrogens with one attached hydrogen (secondary N) is 1. The second kappa shape index (κ2) is 5.11. The quantitative estimate of drug-likeness (QED) is 0.856. The van der Waals surface area contributed by atoms with E-state index in [0.29, 0.717) is 23.1 Å². The predicted octanol–water partition coefficient (Wildman–Crippen LogP) is 1.97. The minimum Gasteiger partial charge on any atom is -0.362 e. The van der Waals surface area contributed by atoms with E-state index in [-0.39, 0.29) is 23.0 Å². The number of hydrogen-bond acceptors (Lipinski definition) is 5. The molecule has 0 saturated carbocycles. The van der Waals surface area contributed by atoms with Crippen molar-refractivity contribution in [3.05, 3.63) is 71.0 Å². The molecule has 4 rings (SSSR count). The molecular weight excluding hydrogens is 306 g/mol. The molecule has 1 heterocycles. The molecule has 0 aromatic heterocycles. The summed E-state index contributed by atoms with van der Waals surface area (Å²) in [5.74, 6) is -0.545. The summed E-state index contributed by atoms with van der Waals surface area (Å²) in [7, 11) is 1.54. The highest BCUT2D eigenvalue weighted by molar-refractivity contribution is 6.27. The van der Waals surface area contributed by atoms with Crippen LogP contribution in [0.15, 0.2) is 59.8 Å². The molecule has 1 aliphatic heterocycles. The van der Waals surface area contributed by atoms with Crippen LogP contribution in [-0.4, -0.2) is 30.7 Å². The van der Waals surface area contributed by atoms with E-state index in [4.69, 9.17) is 4.74 Å². The topological polar surface area (TPSA) is 72.5 Å². The van der Waals surface area contributed by atoms with E-state index in [2.05, 4.69) is 5.32 Å². The van der Waals surface area contributed by atoms with E-state index in [1.165, 1.54) is 12.2 Å². The second-order valence-electron chi connectivity index (χ2n) is 6.14. The first-order valence-electron chi connectivity index (χ1n) is 7.71. The van der Waals surface area contributed by atoms with E-state index in [0.717, 1.165) is 0 Å². The molecule has 1 N–H and O–H groups in total. The molecule has 24 heavy (non-hydrogen) atoms. The minimum atomic E-state index is -0.810. The average Bonchev–Trinajstić information content (AvgIpc) is 2.61. The van der Waals surface area contributed by atoms with Crippen LogP contribution in [0.1, 0.15) is 27.1 Å². The molecule has 3 aliphatic rings. The highest BCUT2D eigenvalue weighted by Gasteiger charge is 2.48. The van der Waals surface area contributed by atoms with Gasteiger partial charge >= 0.3 is 0 Å². The number of fused-ring (bicyclic) bond motifs is 2. The Labute approximate surface area is 138 Å². The first kappa shape index (κ1) is 14.8. The summed E-state index contributed by atoms with van der Waals surface area (Å²) in [4.78, 5) is 37.6. The Kier molecular flexibility index (Phi) is 3.15. The van der Waals surface area contributed by atoms with Gasteiger partial charge in [0.15, 0.2) is 11.6 Å². The van der Waals surface area contributed by atoms with Crippen LogP contribution >= 0.6 is 0 Å². The molecule has 0 bridgehead atoms. The normalized spacial score (nSPS) is 24.0. The lowest BCUT2D eigenvalue weighted by Gasteiger charge is -2.42. The van der Waals surface area contributed by atoms with Gasteiger partial charge in [-0.1, -0.05) is 36.4 Å². The highest BCUT2D eigenvalue weighted by Crippen LogP contribution is 2.46. The monoisotopic (exact) mass is 321 g/mol. The molecule has 1 spiro atoms. The molecule has 1 aromatic rings. The van der Waals surface area contributed by atoms with Gasteiger partial charge in [-0.3, -0.25) is 14.4 Å². The van der Waals surface area contributed by atoms with E-state index in [1.54, 1.807) is 43.5 Å². The third-order valence-corrected chi connectivity index (χ3v) is 4.79. The molecule has 0 radical (unpaired) electrons. The smallest absolute Gasteiger partial charge is 0.210 e. The van der Waals surface area contributed by atoms with Crippen molar-refractivity contribution in [3.8, 4) is 0 Å². The van der Waals surface area contributed by atoms with Gasteiger partial charge in [0, 0.05) is 35.6 Å². The summed E-state index contributed by atoms with van der Waals surface area (Å²) in [6.45, 7) is 0. The lowest BCUT2D eigenvalue weighted by atomic mass is 9.66. The van der Waals surface area contributed by atoms with Crippen LogP contribution in [0.3, 0.4) is 0 Å². The molecular formula is C19H15NO4. The summed E-state index contributed by atoms with van der Waals surface area (Å²) in [6, 6.07) is 6.80. The molecule has 0 amide bonds. The van der Waals surface area contributed by atoms with E-state index in [1.807, 2.05) is 0 Å². The SMILES string of the molecule is COC1CC2(C=CC(=O)C=C2)C2=C(N1)C(=O)c1ccccc1C2=O. The maximum absolute atomic E-state index is 13.1. The van der Waals surface area contributed by atoms with Crippen LogP contribution in [0.2, 0.25) is 0 Å². The van der Waals surface area contributed by atoms with Crippen molar-refractivity contribution in [1.82, 2.24) is 5.32 Å². The summed E-state index contributed by atoms with van der Waals surface area (Å²) >= 11 is 0. The number of benzene rings is 1. The number of carbonyl (C=O) groups excluding carboxylic acids is 3. The van der Waals surface area contributed by atoms with Gasteiger partial charge in [-0.15, -0.1) is 0 Å². The maximum atomic E-state index is 13.1. The van der Waals surface area contributed by atoms with Gasteiger partial charge in [-0.25, -0.2) is 0 Å². The largest absolute Gasteiger partial charge is 0.362 e. The second-order valence-corrected chi connectivity index (χ2v) is 6.14. The van der Waals surface area contributed by atoms with Crippen LogP contribution in [-0.2, 0) is 9.53 Å². The summed E-state index contributed by atoms with van der Waals surface area (Å²) in [5, 5.41) is 3.04. The molecule has 5 nitrogen and oxygen atoms in total. The molecule has 1 atom stereocenters. The minimum absolute atomic E-state index is 0.134. The van der Waals surface area contributed by atoms with Crippen LogP contribution < -0.4 is 5.32 Å². The Balaban J connectivity index is 1.95. The molecule has 1 aromatic carbocycles. The van der Waals surface area contributed by atoms with Gasteiger partial charge in [-0.05, 0) is 12.2 Å². The van der Waals surface area contributed by atoms with Gasteiger partial charge < -0.3 is 10.1 Å². The Hall–Kier alpha value is -2.79. The summed E-state index contributed by atoms with van der Waals surface area (Å²) < 4.78 is 5.40. The molecule has 2 aliphatic carbocycles. The number of allylic oxidation sites excluding steroid dienone is 6. The van der Waals surface area contributed by atoms with Gasteiger partial charge in [0.1, 0.15) is 6.23 Å². The Morgan fingerprint density at radius 2 is 1.67 bits per heavy atom. The van der Waals surface area contributed by atoms with Crippen LogP contribution in [0.25, 0.3) is 0 Å². The molecule has 1 unspecified atom stereocenters. The van der Waals surface area contributed by atoms with Gasteiger partial charge in [0.25, 0.3) is 0 Å². The van der Waals surface area contributed by atoms with Crippen molar-refractivity contribution in [2.45, 2.75) is 12.6 Å². The van der Waals surface area contributed by atoms with Gasteiger partial charge in [0.05, 0.1) is 5.70 Å².